The van der Waals surface area contributed by atoms with Gasteiger partial charge in [0.05, 0.1) is 33.4 Å². The molecule has 0 atom stereocenters. The molecule has 18 aromatic rings. The molecule has 5 heteroatoms. The first-order chi connectivity index (χ1) is 50.2. The van der Waals surface area contributed by atoms with E-state index < -0.39 is 0 Å². The van der Waals surface area contributed by atoms with E-state index in [1.54, 1.807) is 0 Å². The summed E-state index contributed by atoms with van der Waals surface area (Å²) in [6, 6.07) is 143. The second-order valence-electron chi connectivity index (χ2n) is 26.6. The maximum atomic E-state index is 2.69. The van der Waals surface area contributed by atoms with Crippen LogP contribution in [0, 0.1) is 0 Å². The number of hydrogen-bond donors (Lipinski definition) is 0. The lowest BCUT2D eigenvalue weighted by atomic mass is 9.33. The Morgan fingerprint density at radius 1 is 0.198 bits per heavy atom. The molecular weight excluding hydrogens is 1220 g/mol. The lowest BCUT2D eigenvalue weighted by Crippen LogP contribution is -2.61. The molecule has 0 aliphatic carbocycles. The van der Waals surface area contributed by atoms with E-state index in [1.165, 1.54) is 37.9 Å². The molecule has 0 amide bonds. The Morgan fingerprint density at radius 2 is 0.465 bits per heavy atom. The molecule has 0 fully saturated rings. The number of aromatic nitrogens is 2. The Kier molecular flexibility index (Phi) is 13.7. The Hall–Kier alpha value is -13.2. The Morgan fingerprint density at radius 3 is 0.772 bits per heavy atom. The van der Waals surface area contributed by atoms with Crippen LogP contribution < -0.4 is 26.2 Å². The van der Waals surface area contributed by atoms with Crippen LogP contribution in [0.3, 0.4) is 0 Å². The van der Waals surface area contributed by atoms with Gasteiger partial charge in [-0.2, -0.15) is 0 Å². The van der Waals surface area contributed by atoms with Gasteiger partial charge in [0.2, 0.25) is 0 Å². The van der Waals surface area contributed by atoms with Crippen LogP contribution in [0.15, 0.2) is 382 Å². The fourth-order valence-electron chi connectivity index (χ4n) is 16.8. The minimum Gasteiger partial charge on any atom is -0.310 e. The van der Waals surface area contributed by atoms with E-state index in [9.17, 15) is 0 Å². The van der Waals surface area contributed by atoms with Crippen LogP contribution in [-0.4, -0.2) is 15.8 Å². The molecule has 16 aromatic carbocycles. The van der Waals surface area contributed by atoms with Crippen LogP contribution in [-0.2, 0) is 0 Å². The van der Waals surface area contributed by atoms with Crippen LogP contribution in [0.25, 0.3) is 133 Å². The predicted octanol–water partition coefficient (Wildman–Crippen LogP) is 23.6. The predicted molar refractivity (Wildman–Crippen MR) is 427 cm³/mol. The van der Waals surface area contributed by atoms with Gasteiger partial charge in [0.25, 0.3) is 6.71 Å². The van der Waals surface area contributed by atoms with Crippen molar-refractivity contribution in [1.29, 1.82) is 0 Å². The topological polar surface area (TPSA) is 16.3 Å². The van der Waals surface area contributed by atoms with Crippen molar-refractivity contribution in [3.8, 4) is 89.3 Å². The molecule has 0 radical (unpaired) electrons. The van der Waals surface area contributed by atoms with Crippen molar-refractivity contribution < 1.29 is 0 Å². The van der Waals surface area contributed by atoms with Crippen molar-refractivity contribution in [1.82, 2.24) is 9.13 Å². The van der Waals surface area contributed by atoms with Gasteiger partial charge >= 0.3 is 0 Å². The molecule has 101 heavy (non-hydrogen) atoms. The highest BCUT2D eigenvalue weighted by Crippen LogP contribution is 2.55. The van der Waals surface area contributed by atoms with Crippen molar-refractivity contribution in [2.45, 2.75) is 0 Å². The molecule has 4 heterocycles. The van der Waals surface area contributed by atoms with Crippen molar-refractivity contribution >= 4 is 101 Å². The zero-order valence-corrected chi connectivity index (χ0v) is 55.2. The van der Waals surface area contributed by atoms with Gasteiger partial charge in [-0.15, -0.1) is 0 Å². The molecular formula is C96H63BN4. The largest absolute Gasteiger partial charge is 0.310 e. The van der Waals surface area contributed by atoms with Crippen molar-refractivity contribution in [2.24, 2.45) is 0 Å². The van der Waals surface area contributed by atoms with Gasteiger partial charge in [0, 0.05) is 77.9 Å². The molecule has 0 bridgehead atoms. The molecule has 4 nitrogen and oxygen atoms in total. The standard InChI is InChI=1S/C96H63BN4/c1-7-30-64(31-8-1)73-46-27-47-74(65-32-9-2-10-33-65)93(73)70-60-91-94-92(61-70)101(96-77(68-38-15-5-16-39-68)50-29-51-78(96)69-40-17-6-18-41-69)90-63-72(99-87-54-25-21-44-81(87)82-45-22-26-55-88(82)99)57-59-84(90)97(94)83-58-56-71(98-85-52-23-19-42-79(85)80-43-20-24-53-86(80)98)62-89(83)100(91)95-75(66-34-11-3-12-35-66)48-28-49-76(95)67-36-13-4-14-37-67/h1-63H. The number of rotatable bonds is 11. The van der Waals surface area contributed by atoms with Crippen LogP contribution in [0.5, 0.6) is 0 Å². The number of fused-ring (bicyclic) bond motifs is 10. The zero-order valence-electron chi connectivity index (χ0n) is 55.2. The molecule has 2 aromatic heterocycles. The van der Waals surface area contributed by atoms with Gasteiger partial charge in [-0.1, -0.05) is 322 Å². The molecule has 0 saturated carbocycles. The lowest BCUT2D eigenvalue weighted by molar-refractivity contribution is 1.17. The van der Waals surface area contributed by atoms with Crippen molar-refractivity contribution in [3.63, 3.8) is 0 Å². The number of nitrogens with zero attached hydrogens (tertiary/aromatic N) is 4. The highest BCUT2D eigenvalue weighted by Gasteiger charge is 2.46. The summed E-state index contributed by atoms with van der Waals surface area (Å²) in [5.74, 6) is 0. The van der Waals surface area contributed by atoms with Gasteiger partial charge in [0.15, 0.2) is 0 Å². The third-order valence-electron chi connectivity index (χ3n) is 21.1. The number of anilines is 6. The van der Waals surface area contributed by atoms with Crippen molar-refractivity contribution in [2.75, 3.05) is 9.80 Å². The van der Waals surface area contributed by atoms with Crippen LogP contribution >= 0.6 is 0 Å². The summed E-state index contributed by atoms with van der Waals surface area (Å²) in [6.07, 6.45) is 0. The number of para-hydroxylation sites is 6. The number of hydrogen-bond acceptors (Lipinski definition) is 2. The molecule has 2 aliphatic rings. The first-order valence-corrected chi connectivity index (χ1v) is 34.9. The second kappa shape index (κ2) is 23.8. The van der Waals surface area contributed by atoms with Gasteiger partial charge < -0.3 is 18.9 Å². The molecule has 0 N–H and O–H groups in total. The molecule has 0 saturated heterocycles. The van der Waals surface area contributed by atoms with Crippen LogP contribution in [0.1, 0.15) is 0 Å². The Balaban J connectivity index is 0.998. The van der Waals surface area contributed by atoms with Gasteiger partial charge in [-0.05, 0) is 133 Å². The van der Waals surface area contributed by atoms with E-state index in [-0.39, 0.29) is 6.71 Å². The first-order valence-electron chi connectivity index (χ1n) is 34.9. The Bertz CT molecular complexity index is 5670. The smallest absolute Gasteiger partial charge is 0.252 e. The summed E-state index contributed by atoms with van der Waals surface area (Å²) >= 11 is 0. The van der Waals surface area contributed by atoms with E-state index >= 15 is 0 Å². The molecule has 20 rings (SSSR count). The number of benzene rings is 16. The SMILES string of the molecule is c1ccc(-c2cccc(-c3ccccc3)c2-c2cc3c4c(c2)N(c2c(-c5ccccc5)cccc2-c2ccccc2)c2cc(-n5c6ccccc6c6ccccc65)ccc2B4c2ccc(-n4c5ccccc5c5ccccc54)cc2N3c2c(-c3ccccc3)cccc2-c2ccccc2)cc1. The van der Waals surface area contributed by atoms with Gasteiger partial charge in [-0.3, -0.25) is 0 Å². The normalized spacial score (nSPS) is 12.3. The summed E-state index contributed by atoms with van der Waals surface area (Å²) in [7, 11) is 0. The summed E-state index contributed by atoms with van der Waals surface area (Å²) < 4.78 is 4.98. The van der Waals surface area contributed by atoms with Crippen LogP contribution in [0.4, 0.5) is 34.1 Å². The van der Waals surface area contributed by atoms with Crippen molar-refractivity contribution in [3.05, 3.63) is 382 Å². The summed E-state index contributed by atoms with van der Waals surface area (Å²) in [4.78, 5) is 5.39. The van der Waals surface area contributed by atoms with E-state index in [0.717, 1.165) is 145 Å². The van der Waals surface area contributed by atoms with E-state index in [0.29, 0.717) is 0 Å². The minimum atomic E-state index is -0.281. The Labute approximate surface area is 587 Å². The minimum absolute atomic E-state index is 0.281. The highest BCUT2D eigenvalue weighted by atomic mass is 15.2. The molecule has 470 valence electrons. The van der Waals surface area contributed by atoms with Gasteiger partial charge in [-0.25, -0.2) is 0 Å². The van der Waals surface area contributed by atoms with Gasteiger partial charge in [0.1, 0.15) is 0 Å². The monoisotopic (exact) mass is 1280 g/mol. The summed E-state index contributed by atoms with van der Waals surface area (Å²) in [5, 5.41) is 4.87. The maximum Gasteiger partial charge on any atom is 0.252 e. The molecule has 2 aliphatic heterocycles. The second-order valence-corrected chi connectivity index (χ2v) is 26.6. The third-order valence-corrected chi connectivity index (χ3v) is 21.1. The lowest BCUT2D eigenvalue weighted by Gasteiger charge is -2.46. The quantitative estimate of drug-likeness (QED) is 0.120. The van der Waals surface area contributed by atoms with E-state index in [2.05, 4.69) is 401 Å². The van der Waals surface area contributed by atoms with Crippen LogP contribution in [0.2, 0.25) is 0 Å². The fraction of sp³-hybridized carbons (Fsp3) is 0. The van der Waals surface area contributed by atoms with E-state index in [4.69, 9.17) is 0 Å². The molecule has 0 unspecified atom stereocenters. The highest BCUT2D eigenvalue weighted by molar-refractivity contribution is 7.00. The fourth-order valence-corrected chi connectivity index (χ4v) is 16.8. The summed E-state index contributed by atoms with van der Waals surface area (Å²) in [5.41, 5.74) is 32.8. The summed E-state index contributed by atoms with van der Waals surface area (Å²) in [6.45, 7) is -0.281. The first kappa shape index (κ1) is 58.0. The average molecular weight is 1280 g/mol. The molecule has 0 spiro atoms. The van der Waals surface area contributed by atoms with E-state index in [1.807, 2.05) is 0 Å². The maximum absolute atomic E-state index is 2.69. The third kappa shape index (κ3) is 9.32. The average Bonchev–Trinajstić information content (AvgIpc) is 1.20. The zero-order chi connectivity index (χ0) is 66.5.